The van der Waals surface area contributed by atoms with Gasteiger partial charge in [-0.2, -0.15) is 0 Å². The standard InChI is InChI=1S/C6H12N2O/c1-5(2)8-4-3-7-6(8)9/h5H,3-4H2,1-2H3,(H,7,9). The molecule has 1 aliphatic heterocycles. The first-order chi connectivity index (χ1) is 4.22. The van der Waals surface area contributed by atoms with Crippen LogP contribution < -0.4 is 5.32 Å². The van der Waals surface area contributed by atoms with E-state index in [-0.39, 0.29) is 6.03 Å². The molecule has 0 saturated carbocycles. The first-order valence-electron chi connectivity index (χ1n) is 3.26. The summed E-state index contributed by atoms with van der Waals surface area (Å²) in [5.74, 6) is 0. The van der Waals surface area contributed by atoms with Crippen LogP contribution in [0.15, 0.2) is 0 Å². The van der Waals surface area contributed by atoms with Crippen molar-refractivity contribution >= 4 is 6.03 Å². The van der Waals surface area contributed by atoms with Gasteiger partial charge in [-0.05, 0) is 13.8 Å². The van der Waals surface area contributed by atoms with Crippen molar-refractivity contribution in [1.29, 1.82) is 0 Å². The fourth-order valence-electron chi connectivity index (χ4n) is 0.979. The van der Waals surface area contributed by atoms with Crippen molar-refractivity contribution < 1.29 is 4.79 Å². The van der Waals surface area contributed by atoms with Crippen molar-refractivity contribution in [3.63, 3.8) is 0 Å². The number of nitrogens with zero attached hydrogens (tertiary/aromatic N) is 1. The minimum atomic E-state index is 0.0741. The number of carbonyl (C=O) groups excluding carboxylic acids is 1. The summed E-state index contributed by atoms with van der Waals surface area (Å²) in [6, 6.07) is 0.414. The van der Waals surface area contributed by atoms with Gasteiger partial charge in [-0.25, -0.2) is 4.79 Å². The zero-order valence-corrected chi connectivity index (χ0v) is 5.85. The lowest BCUT2D eigenvalue weighted by molar-refractivity contribution is 0.206. The maximum atomic E-state index is 10.8. The molecule has 0 radical (unpaired) electrons. The van der Waals surface area contributed by atoms with Crippen molar-refractivity contribution in [2.45, 2.75) is 19.9 Å². The van der Waals surface area contributed by atoms with Crippen molar-refractivity contribution in [3.05, 3.63) is 0 Å². The zero-order valence-electron chi connectivity index (χ0n) is 5.85. The number of carbonyl (C=O) groups is 1. The molecule has 9 heavy (non-hydrogen) atoms. The van der Waals surface area contributed by atoms with Crippen LogP contribution in [0, 0.1) is 0 Å². The third-order valence-electron chi connectivity index (χ3n) is 1.51. The highest BCUT2D eigenvalue weighted by Gasteiger charge is 2.20. The Kier molecular flexibility index (Phi) is 1.60. The van der Waals surface area contributed by atoms with Gasteiger partial charge in [0, 0.05) is 19.1 Å². The van der Waals surface area contributed by atoms with Crippen LogP contribution in [0.5, 0.6) is 0 Å². The Morgan fingerprint density at radius 2 is 2.33 bits per heavy atom. The van der Waals surface area contributed by atoms with Gasteiger partial charge in [0.05, 0.1) is 0 Å². The van der Waals surface area contributed by atoms with E-state index in [4.69, 9.17) is 0 Å². The molecule has 1 fully saturated rings. The lowest BCUT2D eigenvalue weighted by Crippen LogP contribution is -2.33. The lowest BCUT2D eigenvalue weighted by atomic mass is 10.3. The van der Waals surface area contributed by atoms with Gasteiger partial charge in [0.1, 0.15) is 0 Å². The summed E-state index contributed by atoms with van der Waals surface area (Å²) in [6.07, 6.45) is 0. The van der Waals surface area contributed by atoms with E-state index in [1.807, 2.05) is 18.7 Å². The predicted octanol–water partition coefficient (Wildman–Crippen LogP) is 0.420. The van der Waals surface area contributed by atoms with Crippen molar-refractivity contribution in [3.8, 4) is 0 Å². The SMILES string of the molecule is CC(C)N1CCNC1=O. The van der Waals surface area contributed by atoms with Gasteiger partial charge in [0.15, 0.2) is 0 Å². The number of amides is 2. The summed E-state index contributed by atoms with van der Waals surface area (Å²) >= 11 is 0. The molecule has 0 aromatic rings. The van der Waals surface area contributed by atoms with Gasteiger partial charge in [-0.1, -0.05) is 0 Å². The Morgan fingerprint density at radius 3 is 2.56 bits per heavy atom. The van der Waals surface area contributed by atoms with Crippen molar-refractivity contribution in [1.82, 2.24) is 10.2 Å². The van der Waals surface area contributed by atoms with Crippen LogP contribution in [0.1, 0.15) is 13.8 Å². The van der Waals surface area contributed by atoms with E-state index in [0.717, 1.165) is 13.1 Å². The maximum absolute atomic E-state index is 10.8. The monoisotopic (exact) mass is 128 g/mol. The molecular formula is C6H12N2O. The van der Waals surface area contributed by atoms with Gasteiger partial charge in [-0.3, -0.25) is 0 Å². The first kappa shape index (κ1) is 6.39. The average molecular weight is 128 g/mol. The summed E-state index contributed by atoms with van der Waals surface area (Å²) in [5.41, 5.74) is 0. The van der Waals surface area contributed by atoms with Crippen LogP contribution >= 0.6 is 0 Å². The fraction of sp³-hybridized carbons (Fsp3) is 0.833. The van der Waals surface area contributed by atoms with Crippen LogP contribution in [0.25, 0.3) is 0 Å². The largest absolute Gasteiger partial charge is 0.336 e. The highest BCUT2D eigenvalue weighted by atomic mass is 16.2. The van der Waals surface area contributed by atoms with Gasteiger partial charge in [0.2, 0.25) is 0 Å². The number of hydrogen-bond acceptors (Lipinski definition) is 1. The smallest absolute Gasteiger partial charge is 0.317 e. The second-order valence-electron chi connectivity index (χ2n) is 2.52. The second-order valence-corrected chi connectivity index (χ2v) is 2.52. The molecule has 1 heterocycles. The number of urea groups is 1. The molecular weight excluding hydrogens is 116 g/mol. The normalized spacial score (nSPS) is 19.0. The van der Waals surface area contributed by atoms with E-state index in [2.05, 4.69) is 5.32 Å². The van der Waals surface area contributed by atoms with E-state index in [9.17, 15) is 4.79 Å². The molecule has 3 heteroatoms. The minimum Gasteiger partial charge on any atom is -0.336 e. The van der Waals surface area contributed by atoms with Crippen LogP contribution in [-0.2, 0) is 0 Å². The number of rotatable bonds is 1. The molecule has 0 aliphatic carbocycles. The average Bonchev–Trinajstić information content (AvgIpc) is 2.13. The molecule has 1 rings (SSSR count). The summed E-state index contributed by atoms with van der Waals surface area (Å²) in [6.45, 7) is 5.70. The first-order valence-corrected chi connectivity index (χ1v) is 3.26. The highest BCUT2D eigenvalue weighted by molar-refractivity contribution is 5.76. The van der Waals surface area contributed by atoms with Crippen LogP contribution in [-0.4, -0.2) is 30.1 Å². The minimum absolute atomic E-state index is 0.0741. The Hall–Kier alpha value is -0.730. The number of nitrogens with one attached hydrogen (secondary N) is 1. The Balaban J connectivity index is 2.49. The summed E-state index contributed by atoms with van der Waals surface area (Å²) in [4.78, 5) is 12.6. The number of hydrogen-bond donors (Lipinski definition) is 1. The Bertz CT molecular complexity index is 122. The van der Waals surface area contributed by atoms with E-state index < -0.39 is 0 Å². The van der Waals surface area contributed by atoms with Gasteiger partial charge >= 0.3 is 6.03 Å². The van der Waals surface area contributed by atoms with Crippen molar-refractivity contribution in [2.75, 3.05) is 13.1 Å². The molecule has 1 N–H and O–H groups in total. The lowest BCUT2D eigenvalue weighted by Gasteiger charge is -2.17. The zero-order chi connectivity index (χ0) is 6.85. The van der Waals surface area contributed by atoms with Gasteiger partial charge < -0.3 is 10.2 Å². The molecule has 52 valence electrons. The summed E-state index contributed by atoms with van der Waals surface area (Å²) in [7, 11) is 0. The summed E-state index contributed by atoms with van der Waals surface area (Å²) in [5, 5.41) is 2.74. The molecule has 0 bridgehead atoms. The Morgan fingerprint density at radius 1 is 1.67 bits per heavy atom. The molecule has 0 unspecified atom stereocenters. The third-order valence-corrected chi connectivity index (χ3v) is 1.51. The van der Waals surface area contributed by atoms with E-state index in [0.29, 0.717) is 6.04 Å². The molecule has 1 aliphatic rings. The van der Waals surface area contributed by atoms with Crippen LogP contribution in [0.2, 0.25) is 0 Å². The Labute approximate surface area is 55.0 Å². The van der Waals surface area contributed by atoms with E-state index in [1.165, 1.54) is 0 Å². The fourth-order valence-corrected chi connectivity index (χ4v) is 0.979. The topological polar surface area (TPSA) is 32.3 Å². The molecule has 1 saturated heterocycles. The summed E-state index contributed by atoms with van der Waals surface area (Å²) < 4.78 is 0. The quantitative estimate of drug-likeness (QED) is 0.545. The molecule has 3 nitrogen and oxygen atoms in total. The molecule has 2 amide bonds. The van der Waals surface area contributed by atoms with E-state index in [1.54, 1.807) is 0 Å². The highest BCUT2D eigenvalue weighted by Crippen LogP contribution is 2.01. The molecule has 0 spiro atoms. The third kappa shape index (κ3) is 1.15. The maximum Gasteiger partial charge on any atom is 0.317 e. The second kappa shape index (κ2) is 2.25. The molecule has 0 atom stereocenters. The van der Waals surface area contributed by atoms with Crippen LogP contribution in [0.3, 0.4) is 0 Å². The predicted molar refractivity (Wildman–Crippen MR) is 35.2 cm³/mol. The van der Waals surface area contributed by atoms with E-state index >= 15 is 0 Å². The molecule has 0 aromatic heterocycles. The van der Waals surface area contributed by atoms with Gasteiger partial charge in [0.25, 0.3) is 0 Å². The molecule has 0 aromatic carbocycles. The van der Waals surface area contributed by atoms with Crippen molar-refractivity contribution in [2.24, 2.45) is 0 Å². The van der Waals surface area contributed by atoms with Gasteiger partial charge in [-0.15, -0.1) is 0 Å². The van der Waals surface area contributed by atoms with Crippen LogP contribution in [0.4, 0.5) is 4.79 Å².